The van der Waals surface area contributed by atoms with E-state index in [0.717, 1.165) is 21.4 Å². The zero-order valence-corrected chi connectivity index (χ0v) is 18.4. The van der Waals surface area contributed by atoms with Crippen LogP contribution in [-0.4, -0.2) is 54.4 Å². The summed E-state index contributed by atoms with van der Waals surface area (Å²) in [4.78, 5) is 32.7. The molecule has 0 saturated carbocycles. The number of hydrogen-bond acceptors (Lipinski definition) is 8. The van der Waals surface area contributed by atoms with Crippen molar-refractivity contribution in [2.75, 3.05) is 7.11 Å². The molecule has 10 heteroatoms. The van der Waals surface area contributed by atoms with Crippen LogP contribution in [0.25, 0.3) is 22.0 Å². The molecule has 2 aromatic heterocycles. The number of aliphatic carboxylic acids is 1. The Bertz CT molecular complexity index is 1340. The van der Waals surface area contributed by atoms with Gasteiger partial charge in [-0.05, 0) is 36.1 Å². The molecule has 2 atom stereocenters. The largest absolute Gasteiger partial charge is 0.481 e. The Labute approximate surface area is 194 Å². The first-order valence-electron chi connectivity index (χ1n) is 10.6. The van der Waals surface area contributed by atoms with Crippen LogP contribution < -0.4 is 10.3 Å². The number of ether oxygens (including phenoxy) is 1. The molecule has 0 spiro atoms. The number of aromatic nitrogens is 5. The smallest absolute Gasteiger partial charge is 0.316 e. The van der Waals surface area contributed by atoms with Gasteiger partial charge in [0.1, 0.15) is 11.4 Å². The number of aliphatic hydroxyl groups is 1. The molecule has 2 aromatic carbocycles. The van der Waals surface area contributed by atoms with Gasteiger partial charge in [0.25, 0.3) is 5.56 Å². The third kappa shape index (κ3) is 5.07. The highest BCUT2D eigenvalue weighted by Gasteiger charge is 2.28. The van der Waals surface area contributed by atoms with Gasteiger partial charge in [0.15, 0.2) is 0 Å². The van der Waals surface area contributed by atoms with E-state index in [1.54, 1.807) is 36.7 Å². The lowest BCUT2D eigenvalue weighted by molar-refractivity contribution is -0.146. The molecule has 0 bridgehead atoms. The lowest BCUT2D eigenvalue weighted by atomic mass is 9.95. The normalized spacial score (nSPS) is 12.9. The Morgan fingerprint density at radius 3 is 2.44 bits per heavy atom. The van der Waals surface area contributed by atoms with E-state index in [1.165, 1.54) is 7.11 Å². The van der Waals surface area contributed by atoms with Crippen LogP contribution in [0.2, 0.25) is 0 Å². The number of benzene rings is 2. The number of carboxylic acid groups (broad SMARTS) is 1. The van der Waals surface area contributed by atoms with E-state index in [0.29, 0.717) is 23.3 Å². The molecule has 0 aliphatic carbocycles. The van der Waals surface area contributed by atoms with Crippen molar-refractivity contribution in [1.29, 1.82) is 0 Å². The number of carbonyl (C=O) groups is 1. The summed E-state index contributed by atoms with van der Waals surface area (Å²) in [5.41, 5.74) is 2.68. The average Bonchev–Trinajstić information content (AvgIpc) is 2.87. The second kappa shape index (κ2) is 10.2. The SMILES string of the molecule is COc1ncc(-c2ccc(CC[C@@H](O)[C@H](Cn3nnc4ccccc4c3=O)C(=O)O)cc2)cn1. The van der Waals surface area contributed by atoms with Crippen molar-refractivity contribution in [3.8, 4) is 17.1 Å². The minimum Gasteiger partial charge on any atom is -0.481 e. The van der Waals surface area contributed by atoms with E-state index in [2.05, 4.69) is 20.3 Å². The summed E-state index contributed by atoms with van der Waals surface area (Å²) in [7, 11) is 1.50. The maximum Gasteiger partial charge on any atom is 0.316 e. The number of hydrogen-bond donors (Lipinski definition) is 2. The molecule has 0 saturated heterocycles. The highest BCUT2D eigenvalue weighted by Crippen LogP contribution is 2.21. The molecule has 174 valence electrons. The molecule has 0 aliphatic rings. The van der Waals surface area contributed by atoms with Crippen LogP contribution in [0.15, 0.2) is 65.7 Å². The lowest BCUT2D eigenvalue weighted by Gasteiger charge is -2.19. The van der Waals surface area contributed by atoms with Gasteiger partial charge in [-0.3, -0.25) is 9.59 Å². The molecule has 4 aromatic rings. The molecule has 0 amide bonds. The predicted molar refractivity (Wildman–Crippen MR) is 123 cm³/mol. The zero-order chi connectivity index (χ0) is 24.1. The summed E-state index contributed by atoms with van der Waals surface area (Å²) < 4.78 is 5.96. The van der Waals surface area contributed by atoms with E-state index in [9.17, 15) is 19.8 Å². The van der Waals surface area contributed by atoms with Gasteiger partial charge >= 0.3 is 12.0 Å². The Balaban J connectivity index is 1.42. The summed E-state index contributed by atoms with van der Waals surface area (Å²) >= 11 is 0. The number of aliphatic hydroxyl groups excluding tert-OH is 1. The van der Waals surface area contributed by atoms with E-state index in [1.807, 2.05) is 24.3 Å². The Morgan fingerprint density at radius 1 is 1.06 bits per heavy atom. The van der Waals surface area contributed by atoms with Crippen molar-refractivity contribution in [2.24, 2.45) is 5.92 Å². The quantitative estimate of drug-likeness (QED) is 0.383. The minimum atomic E-state index is -1.20. The summed E-state index contributed by atoms with van der Waals surface area (Å²) in [6.07, 6.45) is 2.83. The molecular weight excluding hydrogens is 438 g/mol. The number of carboxylic acids is 1. The first kappa shape index (κ1) is 23.0. The van der Waals surface area contributed by atoms with Gasteiger partial charge in [-0.15, -0.1) is 5.10 Å². The van der Waals surface area contributed by atoms with Crippen LogP contribution in [0.4, 0.5) is 0 Å². The molecule has 34 heavy (non-hydrogen) atoms. The van der Waals surface area contributed by atoms with Gasteiger partial charge < -0.3 is 14.9 Å². The average molecular weight is 461 g/mol. The zero-order valence-electron chi connectivity index (χ0n) is 18.4. The van der Waals surface area contributed by atoms with Gasteiger partial charge in [0, 0.05) is 18.0 Å². The van der Waals surface area contributed by atoms with Crippen LogP contribution in [-0.2, 0) is 17.8 Å². The Kier molecular flexibility index (Phi) is 6.88. The molecular formula is C24H23N5O5. The van der Waals surface area contributed by atoms with E-state index in [4.69, 9.17) is 4.74 Å². The highest BCUT2D eigenvalue weighted by molar-refractivity contribution is 5.76. The van der Waals surface area contributed by atoms with Crippen LogP contribution in [0.5, 0.6) is 6.01 Å². The lowest BCUT2D eigenvalue weighted by Crippen LogP contribution is -2.37. The predicted octanol–water partition coefficient (Wildman–Crippen LogP) is 1.95. The molecule has 0 aliphatic heterocycles. The van der Waals surface area contributed by atoms with E-state index in [-0.39, 0.29) is 13.0 Å². The summed E-state index contributed by atoms with van der Waals surface area (Å²) in [6, 6.07) is 14.6. The third-order valence-corrected chi connectivity index (χ3v) is 5.61. The Hall–Kier alpha value is -4.18. The van der Waals surface area contributed by atoms with Crippen molar-refractivity contribution in [2.45, 2.75) is 25.5 Å². The molecule has 4 rings (SSSR count). The van der Waals surface area contributed by atoms with E-state index >= 15 is 0 Å². The Morgan fingerprint density at radius 2 is 1.76 bits per heavy atom. The van der Waals surface area contributed by atoms with Gasteiger partial charge in [0.2, 0.25) is 0 Å². The van der Waals surface area contributed by atoms with Gasteiger partial charge in [-0.2, -0.15) is 0 Å². The van der Waals surface area contributed by atoms with Crippen LogP contribution in [0, 0.1) is 5.92 Å². The fourth-order valence-corrected chi connectivity index (χ4v) is 3.64. The maximum absolute atomic E-state index is 12.6. The number of methoxy groups -OCH3 is 1. The minimum absolute atomic E-state index is 0.206. The summed E-state index contributed by atoms with van der Waals surface area (Å²) in [6.45, 7) is -0.274. The van der Waals surface area contributed by atoms with Crippen molar-refractivity contribution >= 4 is 16.9 Å². The van der Waals surface area contributed by atoms with Crippen molar-refractivity contribution in [1.82, 2.24) is 25.0 Å². The van der Waals surface area contributed by atoms with Gasteiger partial charge in [0.05, 0.1) is 25.1 Å². The number of aryl methyl sites for hydroxylation is 1. The standard InChI is InChI=1S/C24H23N5O5/c1-34-24-25-12-17(13-26-24)16-9-6-15(7-10-16)8-11-21(30)19(23(32)33)14-29-22(31)18-4-2-3-5-20(18)27-28-29/h2-7,9-10,12-13,19,21,30H,8,11,14H2,1H3,(H,32,33)/t19-,21+/m0/s1. The van der Waals surface area contributed by atoms with Gasteiger partial charge in [-0.1, -0.05) is 41.6 Å². The van der Waals surface area contributed by atoms with Crippen molar-refractivity contribution in [3.05, 3.63) is 76.8 Å². The number of fused-ring (bicyclic) bond motifs is 1. The number of nitrogens with zero attached hydrogens (tertiary/aromatic N) is 5. The fraction of sp³-hybridized carbons (Fsp3) is 0.250. The topological polar surface area (TPSA) is 140 Å². The van der Waals surface area contributed by atoms with Gasteiger partial charge in [-0.25, -0.2) is 14.6 Å². The third-order valence-electron chi connectivity index (χ3n) is 5.61. The second-order valence-electron chi connectivity index (χ2n) is 7.80. The van der Waals surface area contributed by atoms with Crippen LogP contribution in [0.3, 0.4) is 0 Å². The molecule has 10 nitrogen and oxygen atoms in total. The molecule has 0 fully saturated rings. The van der Waals surface area contributed by atoms with Crippen molar-refractivity contribution in [3.63, 3.8) is 0 Å². The second-order valence-corrected chi connectivity index (χ2v) is 7.80. The first-order chi connectivity index (χ1) is 16.5. The first-order valence-corrected chi connectivity index (χ1v) is 10.6. The highest BCUT2D eigenvalue weighted by atomic mass is 16.5. The van der Waals surface area contributed by atoms with E-state index < -0.39 is 23.6 Å². The monoisotopic (exact) mass is 461 g/mol. The number of rotatable bonds is 9. The summed E-state index contributed by atoms with van der Waals surface area (Å²) in [5, 5.41) is 28.4. The molecule has 0 radical (unpaired) electrons. The molecule has 2 heterocycles. The van der Waals surface area contributed by atoms with Crippen LogP contribution >= 0.6 is 0 Å². The maximum atomic E-state index is 12.6. The summed E-state index contributed by atoms with van der Waals surface area (Å²) in [5.74, 6) is -2.41. The van der Waals surface area contributed by atoms with Crippen LogP contribution in [0.1, 0.15) is 12.0 Å². The molecule has 2 N–H and O–H groups in total. The fourth-order valence-electron chi connectivity index (χ4n) is 3.64. The molecule has 0 unspecified atom stereocenters. The van der Waals surface area contributed by atoms with Crippen molar-refractivity contribution < 1.29 is 19.7 Å².